The van der Waals surface area contributed by atoms with Gasteiger partial charge in [0.2, 0.25) is 16.2 Å². The predicted octanol–water partition coefficient (Wildman–Crippen LogP) is 1.06. The maximum absolute atomic E-state index is 11.0. The Hall–Kier alpha value is -1.70. The summed E-state index contributed by atoms with van der Waals surface area (Å²) in [6.07, 6.45) is -0.594. The highest BCUT2D eigenvalue weighted by Gasteiger charge is 2.08. The van der Waals surface area contributed by atoms with E-state index in [0.717, 1.165) is 11.3 Å². The molecule has 8 heteroatoms. The third kappa shape index (κ3) is 3.90. The van der Waals surface area contributed by atoms with E-state index in [1.54, 1.807) is 6.92 Å². The Labute approximate surface area is 89.8 Å². The summed E-state index contributed by atoms with van der Waals surface area (Å²) in [5, 5.41) is 12.7. The minimum Gasteiger partial charge on any atom is -0.450 e. The molecule has 0 spiro atoms. The molecule has 0 atom stereocenters. The molecule has 7 nitrogen and oxygen atoms in total. The molecular formula is C7H10N4O3S. The van der Waals surface area contributed by atoms with E-state index in [4.69, 9.17) is 0 Å². The van der Waals surface area contributed by atoms with Gasteiger partial charge in [-0.25, -0.2) is 4.79 Å². The van der Waals surface area contributed by atoms with Crippen LogP contribution in [0.15, 0.2) is 0 Å². The number of nitrogens with one attached hydrogen (secondary N) is 2. The van der Waals surface area contributed by atoms with Crippen molar-refractivity contribution in [3.8, 4) is 0 Å². The Morgan fingerprint density at radius 2 is 1.93 bits per heavy atom. The number of hydrogen-bond donors (Lipinski definition) is 2. The molecule has 82 valence electrons. The molecule has 0 bridgehead atoms. The second-order valence-corrected chi connectivity index (χ2v) is 3.42. The van der Waals surface area contributed by atoms with E-state index in [2.05, 4.69) is 25.6 Å². The van der Waals surface area contributed by atoms with Crippen LogP contribution in [0, 0.1) is 0 Å². The number of aromatic nitrogens is 2. The van der Waals surface area contributed by atoms with Crippen molar-refractivity contribution in [1.29, 1.82) is 0 Å². The molecule has 0 aromatic carbocycles. The lowest BCUT2D eigenvalue weighted by atomic mass is 10.7. The summed E-state index contributed by atoms with van der Waals surface area (Å²) in [4.78, 5) is 21.6. The molecule has 0 unspecified atom stereocenters. The van der Waals surface area contributed by atoms with Crippen molar-refractivity contribution in [1.82, 2.24) is 10.2 Å². The summed E-state index contributed by atoms with van der Waals surface area (Å²) >= 11 is 1.05. The lowest BCUT2D eigenvalue weighted by Gasteiger charge is -1.99. The standard InChI is InChI=1S/C7H10N4O3S/c1-3-14-7(13)9-6-11-10-5(15-6)8-4(2)12/h3H2,1-2H3,(H,8,10,12)(H,9,11,13). The van der Waals surface area contributed by atoms with Crippen LogP contribution < -0.4 is 10.6 Å². The fourth-order valence-electron chi connectivity index (χ4n) is 0.729. The third-order valence-corrected chi connectivity index (χ3v) is 1.95. The van der Waals surface area contributed by atoms with E-state index in [1.165, 1.54) is 6.92 Å². The fourth-order valence-corrected chi connectivity index (χ4v) is 1.40. The first kappa shape index (κ1) is 11.4. The van der Waals surface area contributed by atoms with Crippen molar-refractivity contribution in [2.75, 3.05) is 17.2 Å². The average molecular weight is 230 g/mol. The van der Waals surface area contributed by atoms with Gasteiger partial charge in [0.25, 0.3) is 0 Å². The first-order valence-corrected chi connectivity index (χ1v) is 4.98. The monoisotopic (exact) mass is 230 g/mol. The molecule has 15 heavy (non-hydrogen) atoms. The van der Waals surface area contributed by atoms with Crippen LogP contribution in [0.2, 0.25) is 0 Å². The van der Waals surface area contributed by atoms with Gasteiger partial charge >= 0.3 is 6.09 Å². The Balaban J connectivity index is 2.52. The highest BCUT2D eigenvalue weighted by atomic mass is 32.1. The minimum atomic E-state index is -0.594. The SMILES string of the molecule is CCOC(=O)Nc1nnc(NC(C)=O)s1. The van der Waals surface area contributed by atoms with Crippen LogP contribution in [0.4, 0.5) is 15.1 Å². The van der Waals surface area contributed by atoms with Crippen molar-refractivity contribution in [2.45, 2.75) is 13.8 Å². The predicted molar refractivity (Wildman–Crippen MR) is 54.9 cm³/mol. The van der Waals surface area contributed by atoms with Gasteiger partial charge in [-0.1, -0.05) is 11.3 Å². The number of ether oxygens (including phenoxy) is 1. The second kappa shape index (κ2) is 5.25. The molecular weight excluding hydrogens is 220 g/mol. The van der Waals surface area contributed by atoms with Crippen molar-refractivity contribution < 1.29 is 14.3 Å². The average Bonchev–Trinajstić information content (AvgIpc) is 2.51. The Morgan fingerprint density at radius 1 is 1.33 bits per heavy atom. The highest BCUT2D eigenvalue weighted by molar-refractivity contribution is 7.19. The molecule has 0 saturated carbocycles. The van der Waals surface area contributed by atoms with Gasteiger partial charge in [0, 0.05) is 6.92 Å². The van der Waals surface area contributed by atoms with Crippen LogP contribution in [0.5, 0.6) is 0 Å². The molecule has 0 aliphatic heterocycles. The first-order valence-electron chi connectivity index (χ1n) is 4.16. The Morgan fingerprint density at radius 3 is 2.47 bits per heavy atom. The van der Waals surface area contributed by atoms with Gasteiger partial charge < -0.3 is 10.1 Å². The van der Waals surface area contributed by atoms with Crippen LogP contribution in [0.25, 0.3) is 0 Å². The van der Waals surface area contributed by atoms with Crippen LogP contribution in [0.3, 0.4) is 0 Å². The summed E-state index contributed by atoms with van der Waals surface area (Å²) in [5.41, 5.74) is 0. The number of hydrogen-bond acceptors (Lipinski definition) is 6. The molecule has 0 fully saturated rings. The zero-order valence-electron chi connectivity index (χ0n) is 8.23. The zero-order valence-corrected chi connectivity index (χ0v) is 9.05. The summed E-state index contributed by atoms with van der Waals surface area (Å²) in [6, 6.07) is 0. The lowest BCUT2D eigenvalue weighted by molar-refractivity contribution is -0.114. The van der Waals surface area contributed by atoms with Crippen molar-refractivity contribution in [3.05, 3.63) is 0 Å². The number of amides is 2. The Bertz CT molecular complexity index is 365. The quantitative estimate of drug-likeness (QED) is 0.810. The highest BCUT2D eigenvalue weighted by Crippen LogP contribution is 2.19. The van der Waals surface area contributed by atoms with Gasteiger partial charge in [-0.05, 0) is 6.92 Å². The van der Waals surface area contributed by atoms with Gasteiger partial charge in [0.1, 0.15) is 0 Å². The van der Waals surface area contributed by atoms with E-state index in [0.29, 0.717) is 5.13 Å². The van der Waals surface area contributed by atoms with E-state index >= 15 is 0 Å². The van der Waals surface area contributed by atoms with E-state index in [9.17, 15) is 9.59 Å². The molecule has 0 saturated heterocycles. The number of carbonyl (C=O) groups is 2. The van der Waals surface area contributed by atoms with Crippen LogP contribution >= 0.6 is 11.3 Å². The normalized spacial score (nSPS) is 9.47. The van der Waals surface area contributed by atoms with Crippen LogP contribution in [-0.2, 0) is 9.53 Å². The van der Waals surface area contributed by atoms with Crippen LogP contribution in [0.1, 0.15) is 13.8 Å². The van der Waals surface area contributed by atoms with Crippen molar-refractivity contribution >= 4 is 33.6 Å². The van der Waals surface area contributed by atoms with E-state index in [-0.39, 0.29) is 17.6 Å². The topological polar surface area (TPSA) is 93.2 Å². The first-order chi connectivity index (χ1) is 7.11. The third-order valence-electron chi connectivity index (χ3n) is 1.19. The summed E-state index contributed by atoms with van der Waals surface area (Å²) in [7, 11) is 0. The molecule has 2 N–H and O–H groups in total. The molecule has 0 aliphatic carbocycles. The summed E-state index contributed by atoms with van der Waals surface area (Å²) < 4.78 is 4.64. The molecule has 1 aromatic rings. The minimum absolute atomic E-state index is 0.242. The molecule has 0 radical (unpaired) electrons. The molecule has 1 rings (SSSR count). The van der Waals surface area contributed by atoms with Crippen LogP contribution in [-0.4, -0.2) is 28.8 Å². The van der Waals surface area contributed by atoms with Crippen molar-refractivity contribution in [2.24, 2.45) is 0 Å². The number of carbonyl (C=O) groups excluding carboxylic acids is 2. The smallest absolute Gasteiger partial charge is 0.413 e. The van der Waals surface area contributed by atoms with Gasteiger partial charge in [-0.2, -0.15) is 0 Å². The number of anilines is 2. The second-order valence-electron chi connectivity index (χ2n) is 2.44. The number of rotatable bonds is 3. The zero-order chi connectivity index (χ0) is 11.3. The Kier molecular flexibility index (Phi) is 3.98. The van der Waals surface area contributed by atoms with Crippen molar-refractivity contribution in [3.63, 3.8) is 0 Å². The fraction of sp³-hybridized carbons (Fsp3) is 0.429. The maximum Gasteiger partial charge on any atom is 0.413 e. The lowest BCUT2D eigenvalue weighted by Crippen LogP contribution is -2.12. The van der Waals surface area contributed by atoms with Gasteiger partial charge in [0.15, 0.2) is 0 Å². The van der Waals surface area contributed by atoms with E-state index < -0.39 is 6.09 Å². The van der Waals surface area contributed by atoms with Gasteiger partial charge in [-0.15, -0.1) is 10.2 Å². The molecule has 2 amide bonds. The summed E-state index contributed by atoms with van der Waals surface area (Å²) in [6.45, 7) is 3.34. The maximum atomic E-state index is 11.0. The molecule has 1 heterocycles. The largest absolute Gasteiger partial charge is 0.450 e. The molecule has 0 aliphatic rings. The van der Waals surface area contributed by atoms with E-state index in [1.807, 2.05) is 0 Å². The summed E-state index contributed by atoms with van der Waals surface area (Å²) in [5.74, 6) is -0.242. The molecule has 1 aromatic heterocycles. The number of nitrogens with zero attached hydrogens (tertiary/aromatic N) is 2. The van der Waals surface area contributed by atoms with Gasteiger partial charge in [0.05, 0.1) is 6.61 Å². The van der Waals surface area contributed by atoms with Gasteiger partial charge in [-0.3, -0.25) is 10.1 Å².